The van der Waals surface area contributed by atoms with Crippen molar-refractivity contribution in [1.82, 2.24) is 0 Å². The van der Waals surface area contributed by atoms with Crippen LogP contribution in [0.25, 0.3) is 0 Å². The number of hydrogen-bond donors (Lipinski definition) is 0. The highest BCUT2D eigenvalue weighted by Crippen LogP contribution is 2.12. The Bertz CT molecular complexity index is 79.1. The second-order valence-electron chi connectivity index (χ2n) is 3.36. The lowest BCUT2D eigenvalue weighted by Gasteiger charge is -2.16. The fourth-order valence-corrected chi connectivity index (χ4v) is 0.448. The first-order chi connectivity index (χ1) is 4.06. The van der Waals surface area contributed by atoms with Crippen LogP contribution < -0.4 is 0 Å². The first-order valence-corrected chi connectivity index (χ1v) is 3.25. The Hall–Kier alpha value is -0.300. The lowest BCUT2D eigenvalue weighted by Crippen LogP contribution is -2.14. The predicted octanol–water partition coefficient (Wildman–Crippen LogP) is 2.24. The average molecular weight is 128 g/mol. The van der Waals surface area contributed by atoms with E-state index in [9.17, 15) is 0 Å². The zero-order valence-electron chi connectivity index (χ0n) is 6.61. The molecule has 9 heavy (non-hydrogen) atoms. The molecule has 0 spiro atoms. The van der Waals surface area contributed by atoms with E-state index in [4.69, 9.17) is 4.74 Å². The van der Waals surface area contributed by atoms with Gasteiger partial charge in [-0.2, -0.15) is 0 Å². The van der Waals surface area contributed by atoms with Crippen molar-refractivity contribution in [2.24, 2.45) is 5.41 Å². The first-order valence-electron chi connectivity index (χ1n) is 3.25. The summed E-state index contributed by atoms with van der Waals surface area (Å²) in [5.74, 6) is 0. The molecule has 0 aliphatic carbocycles. The third kappa shape index (κ3) is 7.70. The van der Waals surface area contributed by atoms with Crippen molar-refractivity contribution in [1.29, 1.82) is 0 Å². The minimum atomic E-state index is 0.281. The van der Waals surface area contributed by atoms with E-state index < -0.39 is 0 Å². The molecule has 0 unspecified atom stereocenters. The zero-order chi connectivity index (χ0) is 7.33. The summed E-state index contributed by atoms with van der Waals surface area (Å²) < 4.78 is 5.23. The Morgan fingerprint density at radius 3 is 2.33 bits per heavy atom. The molecule has 0 aromatic carbocycles. The van der Waals surface area contributed by atoms with Crippen LogP contribution in [0.1, 0.15) is 20.8 Å². The smallest absolute Gasteiger partial charge is 0.0645 e. The number of rotatable bonds is 3. The summed E-state index contributed by atoms with van der Waals surface area (Å²) in [6, 6.07) is 0. The summed E-state index contributed by atoms with van der Waals surface area (Å²) in [5.41, 5.74) is 0.281. The molecule has 0 aromatic heterocycles. The molecule has 1 heteroatoms. The second-order valence-corrected chi connectivity index (χ2v) is 3.36. The molecule has 0 saturated heterocycles. The van der Waals surface area contributed by atoms with Crippen molar-refractivity contribution in [2.45, 2.75) is 20.8 Å². The molecule has 0 radical (unpaired) electrons. The lowest BCUT2D eigenvalue weighted by molar-refractivity contribution is 0.0911. The Kier molecular flexibility index (Phi) is 3.55. The highest BCUT2D eigenvalue weighted by atomic mass is 16.5. The summed E-state index contributed by atoms with van der Waals surface area (Å²) in [4.78, 5) is 0. The Balaban J connectivity index is 3.17. The standard InChI is InChI=1S/C8H16O/c1-5-6-9-7-8(2,3)4/h5H,1,6-7H2,2-4H3. The maximum absolute atomic E-state index is 5.23. The van der Waals surface area contributed by atoms with E-state index in [1.165, 1.54) is 0 Å². The van der Waals surface area contributed by atoms with Crippen molar-refractivity contribution < 1.29 is 4.74 Å². The third-order valence-electron chi connectivity index (χ3n) is 0.771. The van der Waals surface area contributed by atoms with Crippen LogP contribution in [0.3, 0.4) is 0 Å². The molecule has 0 fully saturated rings. The summed E-state index contributed by atoms with van der Waals surface area (Å²) in [5, 5.41) is 0. The molecule has 0 aromatic rings. The minimum absolute atomic E-state index is 0.281. The normalized spacial score (nSPS) is 11.4. The van der Waals surface area contributed by atoms with Gasteiger partial charge in [-0.25, -0.2) is 0 Å². The van der Waals surface area contributed by atoms with Gasteiger partial charge in [0.05, 0.1) is 13.2 Å². The van der Waals surface area contributed by atoms with Gasteiger partial charge in [0, 0.05) is 0 Å². The quantitative estimate of drug-likeness (QED) is 0.418. The fourth-order valence-electron chi connectivity index (χ4n) is 0.448. The molecule has 0 aliphatic heterocycles. The Labute approximate surface area is 57.7 Å². The zero-order valence-corrected chi connectivity index (χ0v) is 6.61. The second kappa shape index (κ2) is 3.67. The van der Waals surface area contributed by atoms with Gasteiger partial charge in [0.15, 0.2) is 0 Å². The minimum Gasteiger partial charge on any atom is -0.377 e. The van der Waals surface area contributed by atoms with Gasteiger partial charge in [-0.3, -0.25) is 0 Å². The van der Waals surface area contributed by atoms with Gasteiger partial charge in [-0.15, -0.1) is 6.58 Å². The molecule has 0 atom stereocenters. The van der Waals surface area contributed by atoms with Crippen LogP contribution in [-0.2, 0) is 4.74 Å². The van der Waals surface area contributed by atoms with Gasteiger partial charge in [0.25, 0.3) is 0 Å². The molecule has 1 nitrogen and oxygen atoms in total. The number of hydrogen-bond acceptors (Lipinski definition) is 1. The van der Waals surface area contributed by atoms with Crippen molar-refractivity contribution in [3.8, 4) is 0 Å². The molecule has 0 aliphatic rings. The van der Waals surface area contributed by atoms with Gasteiger partial charge < -0.3 is 4.74 Å². The molecule has 0 rings (SSSR count). The van der Waals surface area contributed by atoms with Crippen LogP contribution in [0.4, 0.5) is 0 Å². The fraction of sp³-hybridized carbons (Fsp3) is 0.750. The maximum atomic E-state index is 5.23. The molecule has 0 bridgehead atoms. The van der Waals surface area contributed by atoms with Gasteiger partial charge in [-0.05, 0) is 5.41 Å². The van der Waals surface area contributed by atoms with E-state index in [0.717, 1.165) is 6.61 Å². The van der Waals surface area contributed by atoms with E-state index in [-0.39, 0.29) is 5.41 Å². The van der Waals surface area contributed by atoms with Gasteiger partial charge in [-0.1, -0.05) is 26.8 Å². The molecular formula is C8H16O. The third-order valence-corrected chi connectivity index (χ3v) is 0.771. The molecule has 54 valence electrons. The summed E-state index contributed by atoms with van der Waals surface area (Å²) in [7, 11) is 0. The van der Waals surface area contributed by atoms with E-state index >= 15 is 0 Å². The highest BCUT2D eigenvalue weighted by Gasteiger charge is 2.08. The van der Waals surface area contributed by atoms with E-state index in [2.05, 4.69) is 27.4 Å². The highest BCUT2D eigenvalue weighted by molar-refractivity contribution is 4.66. The van der Waals surface area contributed by atoms with Gasteiger partial charge >= 0.3 is 0 Å². The van der Waals surface area contributed by atoms with Crippen LogP contribution in [0, 0.1) is 5.41 Å². The summed E-state index contributed by atoms with van der Waals surface area (Å²) in [6.07, 6.45) is 1.77. The SMILES string of the molecule is C=CCOCC(C)(C)C. The van der Waals surface area contributed by atoms with Crippen LogP contribution in [0.2, 0.25) is 0 Å². The van der Waals surface area contributed by atoms with Gasteiger partial charge in [0.2, 0.25) is 0 Å². The topological polar surface area (TPSA) is 9.23 Å². The van der Waals surface area contributed by atoms with Crippen molar-refractivity contribution in [2.75, 3.05) is 13.2 Å². The monoisotopic (exact) mass is 128 g/mol. The van der Waals surface area contributed by atoms with Gasteiger partial charge in [0.1, 0.15) is 0 Å². The van der Waals surface area contributed by atoms with Crippen LogP contribution in [0.15, 0.2) is 12.7 Å². The van der Waals surface area contributed by atoms with Crippen molar-refractivity contribution in [3.05, 3.63) is 12.7 Å². The summed E-state index contributed by atoms with van der Waals surface area (Å²) >= 11 is 0. The Morgan fingerprint density at radius 1 is 1.44 bits per heavy atom. The average Bonchev–Trinajstić information content (AvgIpc) is 1.63. The molecule has 0 heterocycles. The molecule has 0 N–H and O–H groups in total. The van der Waals surface area contributed by atoms with E-state index in [0.29, 0.717) is 6.61 Å². The first kappa shape index (κ1) is 8.70. The number of ether oxygens (including phenoxy) is 1. The van der Waals surface area contributed by atoms with Crippen molar-refractivity contribution >= 4 is 0 Å². The van der Waals surface area contributed by atoms with Crippen LogP contribution in [0.5, 0.6) is 0 Å². The molecule has 0 saturated carbocycles. The van der Waals surface area contributed by atoms with Crippen molar-refractivity contribution in [3.63, 3.8) is 0 Å². The lowest BCUT2D eigenvalue weighted by atomic mass is 9.99. The summed E-state index contributed by atoms with van der Waals surface area (Å²) in [6.45, 7) is 11.5. The van der Waals surface area contributed by atoms with Crippen LogP contribution in [-0.4, -0.2) is 13.2 Å². The van der Waals surface area contributed by atoms with Crippen LogP contribution >= 0.6 is 0 Å². The van der Waals surface area contributed by atoms with E-state index in [1.807, 2.05) is 0 Å². The Morgan fingerprint density at radius 2 is 2.00 bits per heavy atom. The largest absolute Gasteiger partial charge is 0.377 e. The maximum Gasteiger partial charge on any atom is 0.0645 e. The molecule has 0 amide bonds. The molecular weight excluding hydrogens is 112 g/mol. The van der Waals surface area contributed by atoms with E-state index in [1.54, 1.807) is 6.08 Å². The predicted molar refractivity (Wildman–Crippen MR) is 40.5 cm³/mol.